The van der Waals surface area contributed by atoms with Gasteiger partial charge in [-0.15, -0.1) is 0 Å². The summed E-state index contributed by atoms with van der Waals surface area (Å²) in [7, 11) is 0. The first-order valence-corrected chi connectivity index (χ1v) is 5.57. The van der Waals surface area contributed by atoms with Crippen molar-refractivity contribution < 1.29 is 13.2 Å². The van der Waals surface area contributed by atoms with Crippen molar-refractivity contribution in [3.05, 3.63) is 24.4 Å². The van der Waals surface area contributed by atoms with Crippen molar-refractivity contribution in [1.82, 2.24) is 4.98 Å². The second-order valence-corrected chi connectivity index (χ2v) is 4.78. The third-order valence-corrected chi connectivity index (χ3v) is 4.94. The monoisotopic (exact) mass is 429 g/mol. The van der Waals surface area contributed by atoms with Crippen LogP contribution in [-0.4, -0.2) is 4.98 Å². The van der Waals surface area contributed by atoms with Gasteiger partial charge in [-0.25, -0.2) is 4.98 Å². The molecule has 0 unspecified atom stereocenters. The number of pyridine rings is 1. The van der Waals surface area contributed by atoms with E-state index < -0.39 is 11.9 Å². The molecule has 0 saturated carbocycles. The van der Waals surface area contributed by atoms with E-state index in [1.807, 2.05) is 22.6 Å². The zero-order chi connectivity index (χ0) is 10.2. The van der Waals surface area contributed by atoms with E-state index in [1.165, 1.54) is 0 Å². The number of halogens is 6. The molecule has 0 saturated heterocycles. The number of alkyl halides is 3. The fourth-order valence-electron chi connectivity index (χ4n) is 0.614. The molecular formula is C6HBr2F3IN. The molecule has 0 aliphatic carbocycles. The maximum atomic E-state index is 12.2. The highest BCUT2D eigenvalue weighted by atomic mass is 127. The van der Waals surface area contributed by atoms with E-state index in [2.05, 4.69) is 36.8 Å². The molecule has 0 radical (unpaired) electrons. The predicted octanol–water partition coefficient (Wildman–Crippen LogP) is 4.23. The lowest BCUT2D eigenvalue weighted by Crippen LogP contribution is -2.08. The van der Waals surface area contributed by atoms with Crippen molar-refractivity contribution in [3.8, 4) is 0 Å². The molecule has 0 aliphatic rings. The molecule has 72 valence electrons. The van der Waals surface area contributed by atoms with Crippen molar-refractivity contribution >= 4 is 54.5 Å². The molecule has 1 aromatic heterocycles. The first-order valence-electron chi connectivity index (χ1n) is 2.91. The normalized spacial score (nSPS) is 11.8. The summed E-state index contributed by atoms with van der Waals surface area (Å²) in [6, 6.07) is 0.951. The van der Waals surface area contributed by atoms with Gasteiger partial charge in [-0.05, 0) is 60.5 Å². The molecule has 0 N–H and O–H groups in total. The van der Waals surface area contributed by atoms with Gasteiger partial charge >= 0.3 is 6.18 Å². The fourth-order valence-corrected chi connectivity index (χ4v) is 1.97. The lowest BCUT2D eigenvalue weighted by molar-refractivity contribution is -0.141. The van der Waals surface area contributed by atoms with Crippen LogP contribution in [-0.2, 0) is 6.18 Å². The standard InChI is InChI=1S/C6HBr2F3IN/c7-2-1-3(6(9,10)11)13-5(8)4(2)12/h1H. The minimum absolute atomic E-state index is 0.190. The molecule has 0 bridgehead atoms. The minimum atomic E-state index is -4.41. The van der Waals surface area contributed by atoms with Crippen LogP contribution in [0.5, 0.6) is 0 Å². The van der Waals surface area contributed by atoms with Gasteiger partial charge in [0.05, 0.1) is 3.57 Å². The van der Waals surface area contributed by atoms with Crippen LogP contribution in [0.15, 0.2) is 15.1 Å². The van der Waals surface area contributed by atoms with Crippen LogP contribution >= 0.6 is 54.5 Å². The summed E-state index contributed by atoms with van der Waals surface area (Å²) in [5.41, 5.74) is -0.910. The Bertz CT molecular complexity index is 316. The third kappa shape index (κ3) is 2.79. The van der Waals surface area contributed by atoms with Gasteiger partial charge in [0.2, 0.25) is 0 Å². The molecule has 0 fully saturated rings. The van der Waals surface area contributed by atoms with E-state index in [-0.39, 0.29) is 4.60 Å². The Balaban J connectivity index is 3.29. The van der Waals surface area contributed by atoms with Crippen molar-refractivity contribution in [2.75, 3.05) is 0 Å². The number of hydrogen-bond acceptors (Lipinski definition) is 1. The molecule has 1 nitrogen and oxygen atoms in total. The highest BCUT2D eigenvalue weighted by Gasteiger charge is 2.33. The Morgan fingerprint density at radius 3 is 2.23 bits per heavy atom. The van der Waals surface area contributed by atoms with E-state index in [0.717, 1.165) is 6.07 Å². The first kappa shape index (κ1) is 11.7. The molecule has 0 aliphatic heterocycles. The number of hydrogen-bond donors (Lipinski definition) is 0. The SMILES string of the molecule is FC(F)(F)c1cc(Br)c(I)c(Br)n1. The van der Waals surface area contributed by atoms with Gasteiger partial charge in [0.15, 0.2) is 0 Å². The molecule has 13 heavy (non-hydrogen) atoms. The largest absolute Gasteiger partial charge is 0.433 e. The Kier molecular flexibility index (Phi) is 3.61. The second-order valence-electron chi connectivity index (χ2n) is 2.09. The number of aromatic nitrogens is 1. The van der Waals surface area contributed by atoms with Crippen molar-refractivity contribution in [3.63, 3.8) is 0 Å². The maximum absolute atomic E-state index is 12.2. The summed E-state index contributed by atoms with van der Waals surface area (Å²) in [5, 5.41) is 0. The summed E-state index contributed by atoms with van der Waals surface area (Å²) in [6.07, 6.45) is -4.41. The Hall–Kier alpha value is 0.630. The maximum Gasteiger partial charge on any atom is 0.433 e. The molecule has 1 heterocycles. The zero-order valence-corrected chi connectivity index (χ0v) is 11.1. The van der Waals surface area contributed by atoms with Gasteiger partial charge in [0, 0.05) is 4.47 Å². The van der Waals surface area contributed by atoms with Crippen LogP contribution in [0.25, 0.3) is 0 Å². The number of rotatable bonds is 0. The van der Waals surface area contributed by atoms with Gasteiger partial charge in [-0.3, -0.25) is 0 Å². The van der Waals surface area contributed by atoms with Crippen molar-refractivity contribution in [1.29, 1.82) is 0 Å². The van der Waals surface area contributed by atoms with Gasteiger partial charge in [-0.1, -0.05) is 0 Å². The second kappa shape index (κ2) is 4.01. The van der Waals surface area contributed by atoms with Crippen molar-refractivity contribution in [2.24, 2.45) is 0 Å². The van der Waals surface area contributed by atoms with Crippen molar-refractivity contribution in [2.45, 2.75) is 6.18 Å². The molecule has 7 heteroatoms. The van der Waals surface area contributed by atoms with Gasteiger partial charge in [0.1, 0.15) is 10.3 Å². The van der Waals surface area contributed by atoms with Crippen LogP contribution in [0.4, 0.5) is 13.2 Å². The van der Waals surface area contributed by atoms with Gasteiger partial charge < -0.3 is 0 Å². The Labute approximate surface area is 103 Å². The molecular weight excluding hydrogens is 430 g/mol. The average Bonchev–Trinajstić information content (AvgIpc) is 1.97. The zero-order valence-electron chi connectivity index (χ0n) is 5.79. The van der Waals surface area contributed by atoms with E-state index in [1.54, 1.807) is 0 Å². The van der Waals surface area contributed by atoms with Gasteiger partial charge in [0.25, 0.3) is 0 Å². The predicted molar refractivity (Wildman–Crippen MR) is 57.4 cm³/mol. The van der Waals surface area contributed by atoms with E-state index in [4.69, 9.17) is 0 Å². The summed E-state index contributed by atoms with van der Waals surface area (Å²) < 4.78 is 37.7. The Morgan fingerprint density at radius 1 is 1.31 bits per heavy atom. The third-order valence-electron chi connectivity index (χ3n) is 1.16. The summed E-state index contributed by atoms with van der Waals surface area (Å²) in [6.45, 7) is 0. The fraction of sp³-hybridized carbons (Fsp3) is 0.167. The van der Waals surface area contributed by atoms with Crippen LogP contribution in [0, 0.1) is 3.57 Å². The average molecular weight is 431 g/mol. The van der Waals surface area contributed by atoms with Crippen LogP contribution in [0.2, 0.25) is 0 Å². The summed E-state index contributed by atoms with van der Waals surface area (Å²) >= 11 is 7.84. The van der Waals surface area contributed by atoms with Gasteiger partial charge in [-0.2, -0.15) is 13.2 Å². The first-order chi connectivity index (χ1) is 5.82. The van der Waals surface area contributed by atoms with Crippen LogP contribution < -0.4 is 0 Å². The lowest BCUT2D eigenvalue weighted by atomic mass is 10.3. The highest BCUT2D eigenvalue weighted by molar-refractivity contribution is 14.1. The summed E-state index contributed by atoms with van der Waals surface area (Å²) in [5.74, 6) is 0. The lowest BCUT2D eigenvalue weighted by Gasteiger charge is -2.07. The van der Waals surface area contributed by atoms with Crippen LogP contribution in [0.3, 0.4) is 0 Å². The molecule has 0 amide bonds. The van der Waals surface area contributed by atoms with Crippen LogP contribution in [0.1, 0.15) is 5.69 Å². The van der Waals surface area contributed by atoms with E-state index in [0.29, 0.717) is 8.04 Å². The molecule has 0 aromatic carbocycles. The smallest absolute Gasteiger partial charge is 0.235 e. The molecule has 0 spiro atoms. The minimum Gasteiger partial charge on any atom is -0.235 e. The Morgan fingerprint density at radius 2 is 1.85 bits per heavy atom. The topological polar surface area (TPSA) is 12.9 Å². The number of nitrogens with zero attached hydrogens (tertiary/aromatic N) is 1. The molecule has 1 aromatic rings. The molecule has 1 rings (SSSR count). The molecule has 0 atom stereocenters. The van der Waals surface area contributed by atoms with E-state index >= 15 is 0 Å². The quantitative estimate of drug-likeness (QED) is 0.443. The summed E-state index contributed by atoms with van der Waals surface area (Å²) in [4.78, 5) is 3.36. The highest BCUT2D eigenvalue weighted by Crippen LogP contribution is 2.33. The van der Waals surface area contributed by atoms with E-state index in [9.17, 15) is 13.2 Å².